The smallest absolute Gasteiger partial charge is 0.205 e. The zero-order valence-corrected chi connectivity index (χ0v) is 9.65. The summed E-state index contributed by atoms with van der Waals surface area (Å²) in [6.45, 7) is 0.00642. The lowest BCUT2D eigenvalue weighted by molar-refractivity contribution is 0.281. The second-order valence-corrected chi connectivity index (χ2v) is 3.93. The van der Waals surface area contributed by atoms with E-state index in [1.54, 1.807) is 6.20 Å². The molecule has 0 aliphatic rings. The minimum atomic E-state index is 0.00642. The highest BCUT2D eigenvalue weighted by molar-refractivity contribution is 5.43. The van der Waals surface area contributed by atoms with Gasteiger partial charge >= 0.3 is 0 Å². The lowest BCUT2D eigenvalue weighted by atomic mass is 10.2. The second-order valence-electron chi connectivity index (χ2n) is 3.93. The first-order chi connectivity index (χ1) is 8.86. The van der Waals surface area contributed by atoms with Crippen molar-refractivity contribution in [3.63, 3.8) is 0 Å². The molecule has 3 rings (SSSR count). The number of hydrogen-bond acceptors (Lipinski definition) is 3. The van der Waals surface area contributed by atoms with Crippen molar-refractivity contribution in [2.24, 2.45) is 0 Å². The summed E-state index contributed by atoms with van der Waals surface area (Å²) in [6.07, 6.45) is 3.58. The Hall–Kier alpha value is -2.33. The first kappa shape index (κ1) is 10.8. The molecule has 0 saturated carbocycles. The molecule has 0 amide bonds. The molecule has 0 aliphatic carbocycles. The molecule has 90 valence electrons. The fourth-order valence-corrected chi connectivity index (χ4v) is 1.83. The van der Waals surface area contributed by atoms with Gasteiger partial charge in [-0.2, -0.15) is 0 Å². The number of aliphatic hydroxyl groups excluding tert-OH is 1. The van der Waals surface area contributed by atoms with Crippen LogP contribution >= 0.6 is 0 Å². The zero-order valence-electron chi connectivity index (χ0n) is 9.65. The normalized spacial score (nSPS) is 10.7. The molecule has 2 aromatic heterocycles. The summed E-state index contributed by atoms with van der Waals surface area (Å²) in [5.74, 6) is 1.39. The van der Waals surface area contributed by atoms with E-state index in [-0.39, 0.29) is 6.61 Å². The number of aliphatic hydroxyl groups is 1. The predicted molar refractivity (Wildman–Crippen MR) is 67.6 cm³/mol. The van der Waals surface area contributed by atoms with E-state index in [9.17, 15) is 0 Å². The standard InChI is InChI=1S/C14H12N2O2/c17-10-11-3-1-4-12(9-11)18-14-6-2-5-13-15-7-8-16(13)14/h1-9,17H,10H2. The molecule has 0 atom stereocenters. The van der Waals surface area contributed by atoms with Gasteiger partial charge in [-0.15, -0.1) is 0 Å². The van der Waals surface area contributed by atoms with Crippen molar-refractivity contribution < 1.29 is 9.84 Å². The van der Waals surface area contributed by atoms with Gasteiger partial charge in [-0.1, -0.05) is 18.2 Å². The van der Waals surface area contributed by atoms with Crippen molar-refractivity contribution in [3.05, 3.63) is 60.4 Å². The van der Waals surface area contributed by atoms with Crippen LogP contribution in [-0.2, 0) is 6.61 Å². The highest BCUT2D eigenvalue weighted by Crippen LogP contribution is 2.23. The Morgan fingerprint density at radius 1 is 1.17 bits per heavy atom. The third-order valence-electron chi connectivity index (χ3n) is 2.69. The molecule has 0 radical (unpaired) electrons. The molecule has 18 heavy (non-hydrogen) atoms. The van der Waals surface area contributed by atoms with Crippen LogP contribution in [0.25, 0.3) is 5.65 Å². The number of pyridine rings is 1. The van der Waals surface area contributed by atoms with Crippen LogP contribution < -0.4 is 4.74 Å². The minimum Gasteiger partial charge on any atom is -0.440 e. The lowest BCUT2D eigenvalue weighted by Gasteiger charge is -2.08. The van der Waals surface area contributed by atoms with Crippen LogP contribution in [0.3, 0.4) is 0 Å². The van der Waals surface area contributed by atoms with E-state index in [1.165, 1.54) is 0 Å². The van der Waals surface area contributed by atoms with E-state index in [0.717, 1.165) is 11.2 Å². The van der Waals surface area contributed by atoms with E-state index in [4.69, 9.17) is 9.84 Å². The molecule has 4 heteroatoms. The number of ether oxygens (including phenoxy) is 1. The van der Waals surface area contributed by atoms with Crippen LogP contribution in [0.5, 0.6) is 11.6 Å². The van der Waals surface area contributed by atoms with Gasteiger partial charge in [0.25, 0.3) is 0 Å². The lowest BCUT2D eigenvalue weighted by Crippen LogP contribution is -1.93. The monoisotopic (exact) mass is 240 g/mol. The van der Waals surface area contributed by atoms with Gasteiger partial charge in [0.05, 0.1) is 6.61 Å². The molecule has 0 unspecified atom stereocenters. The Bertz CT molecular complexity index is 676. The molecule has 0 aliphatic heterocycles. The highest BCUT2D eigenvalue weighted by Gasteiger charge is 2.03. The van der Waals surface area contributed by atoms with Crippen LogP contribution in [0, 0.1) is 0 Å². The molecule has 0 fully saturated rings. The fraction of sp³-hybridized carbons (Fsp3) is 0.0714. The average Bonchev–Trinajstić information content (AvgIpc) is 2.88. The van der Waals surface area contributed by atoms with Crippen LogP contribution in [0.1, 0.15) is 5.56 Å². The number of hydrogen-bond donors (Lipinski definition) is 1. The molecule has 0 spiro atoms. The molecule has 1 aromatic carbocycles. The summed E-state index contributed by atoms with van der Waals surface area (Å²) in [6, 6.07) is 13.1. The molecule has 4 nitrogen and oxygen atoms in total. The molecular weight excluding hydrogens is 228 g/mol. The van der Waals surface area contributed by atoms with Crippen LogP contribution in [-0.4, -0.2) is 14.5 Å². The zero-order chi connectivity index (χ0) is 12.4. The molecular formula is C14H12N2O2. The summed E-state index contributed by atoms with van der Waals surface area (Å²) in [4.78, 5) is 4.20. The number of nitrogens with zero attached hydrogens (tertiary/aromatic N) is 2. The van der Waals surface area contributed by atoms with E-state index >= 15 is 0 Å². The first-order valence-corrected chi connectivity index (χ1v) is 5.66. The van der Waals surface area contributed by atoms with Gasteiger partial charge in [-0.05, 0) is 29.8 Å². The number of imidazole rings is 1. The van der Waals surface area contributed by atoms with Gasteiger partial charge in [0, 0.05) is 12.4 Å². The number of rotatable bonds is 3. The predicted octanol–water partition coefficient (Wildman–Crippen LogP) is 2.62. The molecule has 0 saturated heterocycles. The van der Waals surface area contributed by atoms with Crippen molar-refractivity contribution in [1.82, 2.24) is 9.38 Å². The van der Waals surface area contributed by atoms with Crippen molar-refractivity contribution >= 4 is 5.65 Å². The number of benzene rings is 1. The first-order valence-electron chi connectivity index (χ1n) is 5.66. The number of fused-ring (bicyclic) bond motifs is 1. The second kappa shape index (κ2) is 4.50. The number of aromatic nitrogens is 2. The topological polar surface area (TPSA) is 46.8 Å². The van der Waals surface area contributed by atoms with Crippen molar-refractivity contribution in [1.29, 1.82) is 0 Å². The van der Waals surface area contributed by atoms with Crippen LogP contribution in [0.2, 0.25) is 0 Å². The molecule has 1 N–H and O–H groups in total. The van der Waals surface area contributed by atoms with E-state index in [0.29, 0.717) is 11.6 Å². The Morgan fingerprint density at radius 3 is 2.94 bits per heavy atom. The third-order valence-corrected chi connectivity index (χ3v) is 2.69. The quantitative estimate of drug-likeness (QED) is 0.765. The van der Waals surface area contributed by atoms with Gasteiger partial charge in [-0.25, -0.2) is 4.98 Å². The maximum Gasteiger partial charge on any atom is 0.205 e. The summed E-state index contributed by atoms with van der Waals surface area (Å²) in [7, 11) is 0. The van der Waals surface area contributed by atoms with Gasteiger partial charge in [0.1, 0.15) is 11.4 Å². The molecule has 0 bridgehead atoms. The Morgan fingerprint density at radius 2 is 2.06 bits per heavy atom. The van der Waals surface area contributed by atoms with Gasteiger partial charge in [0.2, 0.25) is 5.88 Å². The average molecular weight is 240 g/mol. The fourth-order valence-electron chi connectivity index (χ4n) is 1.83. The van der Waals surface area contributed by atoms with E-state index in [1.807, 2.05) is 53.1 Å². The van der Waals surface area contributed by atoms with Gasteiger partial charge in [0.15, 0.2) is 0 Å². The summed E-state index contributed by atoms with van der Waals surface area (Å²) in [5, 5.41) is 9.10. The Labute approximate surface area is 104 Å². The maximum absolute atomic E-state index is 9.10. The van der Waals surface area contributed by atoms with E-state index in [2.05, 4.69) is 4.98 Å². The molecule has 3 aromatic rings. The summed E-state index contributed by atoms with van der Waals surface area (Å²) < 4.78 is 7.67. The van der Waals surface area contributed by atoms with Crippen LogP contribution in [0.4, 0.5) is 0 Å². The van der Waals surface area contributed by atoms with Crippen molar-refractivity contribution in [2.75, 3.05) is 0 Å². The van der Waals surface area contributed by atoms with Gasteiger partial charge in [-0.3, -0.25) is 4.40 Å². The minimum absolute atomic E-state index is 0.00642. The van der Waals surface area contributed by atoms with E-state index < -0.39 is 0 Å². The SMILES string of the molecule is OCc1cccc(Oc2cccc3nccn23)c1. The van der Waals surface area contributed by atoms with Crippen molar-refractivity contribution in [3.8, 4) is 11.6 Å². The maximum atomic E-state index is 9.10. The largest absolute Gasteiger partial charge is 0.440 e. The van der Waals surface area contributed by atoms with Crippen LogP contribution in [0.15, 0.2) is 54.9 Å². The third kappa shape index (κ3) is 1.94. The highest BCUT2D eigenvalue weighted by atomic mass is 16.5. The molecule has 2 heterocycles. The van der Waals surface area contributed by atoms with Gasteiger partial charge < -0.3 is 9.84 Å². The Kier molecular flexibility index (Phi) is 2.70. The van der Waals surface area contributed by atoms with Crippen molar-refractivity contribution in [2.45, 2.75) is 6.61 Å². The summed E-state index contributed by atoms with van der Waals surface area (Å²) >= 11 is 0. The Balaban J connectivity index is 1.98. The summed E-state index contributed by atoms with van der Waals surface area (Å²) in [5.41, 5.74) is 1.66.